The SMILES string of the molecule is O=CC1=C2C=CC=C(C=C3c4ccccc4-c4ccccc43)C(=CC=C1)C2. The molecule has 27 heavy (non-hydrogen) atoms. The Balaban J connectivity index is 1.66. The number of benzene rings is 2. The predicted molar refractivity (Wildman–Crippen MR) is 111 cm³/mol. The fourth-order valence-corrected chi connectivity index (χ4v) is 4.09. The van der Waals surface area contributed by atoms with Crippen LogP contribution in [0.15, 0.2) is 113 Å². The molecule has 0 radical (unpaired) electrons. The largest absolute Gasteiger partial charge is 0.298 e. The van der Waals surface area contributed by atoms with Crippen LogP contribution in [0.25, 0.3) is 16.7 Å². The van der Waals surface area contributed by atoms with Crippen molar-refractivity contribution in [2.45, 2.75) is 6.42 Å². The van der Waals surface area contributed by atoms with Crippen molar-refractivity contribution in [2.75, 3.05) is 0 Å². The van der Waals surface area contributed by atoms with Crippen LogP contribution in [0.3, 0.4) is 0 Å². The molecule has 3 aliphatic rings. The van der Waals surface area contributed by atoms with Crippen LogP contribution in [0.4, 0.5) is 0 Å². The van der Waals surface area contributed by atoms with Crippen molar-refractivity contribution in [2.24, 2.45) is 0 Å². The van der Waals surface area contributed by atoms with Gasteiger partial charge < -0.3 is 0 Å². The van der Waals surface area contributed by atoms with E-state index in [2.05, 4.69) is 78.9 Å². The highest BCUT2D eigenvalue weighted by molar-refractivity contribution is 6.02. The van der Waals surface area contributed by atoms with Crippen LogP contribution >= 0.6 is 0 Å². The van der Waals surface area contributed by atoms with Gasteiger partial charge in [-0.3, -0.25) is 4.79 Å². The van der Waals surface area contributed by atoms with Crippen molar-refractivity contribution in [1.29, 1.82) is 0 Å². The molecule has 0 saturated heterocycles. The molecule has 0 spiro atoms. The maximum Gasteiger partial charge on any atom is 0.150 e. The Kier molecular flexibility index (Phi) is 3.72. The topological polar surface area (TPSA) is 17.1 Å². The number of allylic oxidation sites excluding steroid dienone is 11. The summed E-state index contributed by atoms with van der Waals surface area (Å²) >= 11 is 0. The summed E-state index contributed by atoms with van der Waals surface area (Å²) in [5, 5.41) is 0. The molecule has 2 bridgehead atoms. The first kappa shape index (κ1) is 15.8. The van der Waals surface area contributed by atoms with Gasteiger partial charge in [-0.15, -0.1) is 0 Å². The molecule has 1 heteroatoms. The van der Waals surface area contributed by atoms with E-state index in [0.29, 0.717) is 0 Å². The summed E-state index contributed by atoms with van der Waals surface area (Å²) in [6.45, 7) is 0. The Morgan fingerprint density at radius 3 is 2.04 bits per heavy atom. The summed E-state index contributed by atoms with van der Waals surface area (Å²) in [5.74, 6) is 0. The third-order valence-electron chi connectivity index (χ3n) is 5.42. The highest BCUT2D eigenvalue weighted by atomic mass is 16.1. The number of carbonyl (C=O) groups excluding carboxylic acids is 1. The number of fused-ring (bicyclic) bond motifs is 5. The number of hydrogen-bond donors (Lipinski definition) is 0. The fourth-order valence-electron chi connectivity index (χ4n) is 4.09. The molecule has 5 rings (SSSR count). The first-order chi connectivity index (χ1) is 13.3. The zero-order valence-electron chi connectivity index (χ0n) is 14.9. The molecule has 0 amide bonds. The Morgan fingerprint density at radius 2 is 1.37 bits per heavy atom. The maximum absolute atomic E-state index is 11.4. The second-order valence-corrected chi connectivity index (χ2v) is 6.96. The summed E-state index contributed by atoms with van der Waals surface area (Å²) in [5.41, 5.74) is 10.7. The van der Waals surface area contributed by atoms with Crippen LogP contribution in [0.2, 0.25) is 0 Å². The maximum atomic E-state index is 11.4. The summed E-state index contributed by atoms with van der Waals surface area (Å²) in [6, 6.07) is 17.2. The Hall–Kier alpha value is -3.45. The van der Waals surface area contributed by atoms with Crippen LogP contribution in [-0.4, -0.2) is 6.29 Å². The zero-order valence-corrected chi connectivity index (χ0v) is 14.9. The van der Waals surface area contributed by atoms with Gasteiger partial charge in [0, 0.05) is 5.57 Å². The number of rotatable bonds is 2. The van der Waals surface area contributed by atoms with Crippen LogP contribution < -0.4 is 0 Å². The minimum atomic E-state index is 0.761. The van der Waals surface area contributed by atoms with E-state index < -0.39 is 0 Å². The summed E-state index contributed by atoms with van der Waals surface area (Å²) in [7, 11) is 0. The molecule has 0 saturated carbocycles. The Bertz CT molecular complexity index is 1100. The van der Waals surface area contributed by atoms with Crippen molar-refractivity contribution >= 4 is 11.9 Å². The van der Waals surface area contributed by atoms with Crippen molar-refractivity contribution in [3.8, 4) is 11.1 Å². The van der Waals surface area contributed by atoms with E-state index in [0.717, 1.165) is 23.9 Å². The minimum Gasteiger partial charge on any atom is -0.298 e. The van der Waals surface area contributed by atoms with E-state index in [1.807, 2.05) is 12.2 Å². The molecule has 0 fully saturated rings. The van der Waals surface area contributed by atoms with Crippen molar-refractivity contribution in [3.05, 3.63) is 124 Å². The van der Waals surface area contributed by atoms with Gasteiger partial charge in [-0.05, 0) is 57.0 Å². The highest BCUT2D eigenvalue weighted by Crippen LogP contribution is 2.45. The molecule has 0 N–H and O–H groups in total. The second kappa shape index (κ2) is 6.37. The van der Waals surface area contributed by atoms with E-state index in [4.69, 9.17) is 0 Å². The number of aldehydes is 1. The fraction of sp³-hybridized carbons (Fsp3) is 0.0385. The third kappa shape index (κ3) is 2.60. The van der Waals surface area contributed by atoms with Gasteiger partial charge in [0.05, 0.1) is 0 Å². The lowest BCUT2D eigenvalue weighted by Crippen LogP contribution is -1.92. The molecule has 1 nitrogen and oxygen atoms in total. The highest BCUT2D eigenvalue weighted by Gasteiger charge is 2.23. The quantitative estimate of drug-likeness (QED) is 0.522. The molecule has 2 aromatic carbocycles. The minimum absolute atomic E-state index is 0.761. The molecule has 0 unspecified atom stereocenters. The smallest absolute Gasteiger partial charge is 0.150 e. The standard InChI is InChI=1S/C26H18O/c27-17-21-10-6-7-18-15-19(21)8-5-9-20(18)16-26-24-13-3-1-11-22(24)23-12-2-4-14-25(23)26/h1-14,16-17H,15H2. The third-order valence-corrected chi connectivity index (χ3v) is 5.42. The van der Waals surface area contributed by atoms with Gasteiger partial charge in [-0.2, -0.15) is 0 Å². The molecule has 0 aromatic heterocycles. The lowest BCUT2D eigenvalue weighted by molar-refractivity contribution is -0.104. The predicted octanol–water partition coefficient (Wildman–Crippen LogP) is 5.98. The first-order valence-electron chi connectivity index (χ1n) is 9.20. The van der Waals surface area contributed by atoms with Crippen molar-refractivity contribution in [1.82, 2.24) is 0 Å². The van der Waals surface area contributed by atoms with Crippen LogP contribution in [-0.2, 0) is 4.79 Å². The van der Waals surface area contributed by atoms with Gasteiger partial charge in [0.1, 0.15) is 6.29 Å². The van der Waals surface area contributed by atoms with Crippen LogP contribution in [0.1, 0.15) is 17.5 Å². The lowest BCUT2D eigenvalue weighted by Gasteiger charge is -2.09. The number of carbonyl (C=O) groups is 1. The Labute approximate surface area is 159 Å². The average Bonchev–Trinajstić information content (AvgIpc) is 2.86. The van der Waals surface area contributed by atoms with Gasteiger partial charge in [0.15, 0.2) is 0 Å². The zero-order chi connectivity index (χ0) is 18.2. The molecule has 128 valence electrons. The van der Waals surface area contributed by atoms with E-state index in [9.17, 15) is 4.79 Å². The second-order valence-electron chi connectivity index (χ2n) is 6.96. The van der Waals surface area contributed by atoms with Gasteiger partial charge in [0.25, 0.3) is 0 Å². The van der Waals surface area contributed by atoms with Crippen molar-refractivity contribution < 1.29 is 4.79 Å². The van der Waals surface area contributed by atoms with Gasteiger partial charge >= 0.3 is 0 Å². The first-order valence-corrected chi connectivity index (χ1v) is 9.20. The van der Waals surface area contributed by atoms with E-state index in [1.165, 1.54) is 39.0 Å². The monoisotopic (exact) mass is 346 g/mol. The van der Waals surface area contributed by atoms with Gasteiger partial charge in [-0.1, -0.05) is 85.0 Å². The molecular weight excluding hydrogens is 328 g/mol. The van der Waals surface area contributed by atoms with E-state index in [-0.39, 0.29) is 0 Å². The van der Waals surface area contributed by atoms with Crippen LogP contribution in [0.5, 0.6) is 0 Å². The molecule has 0 heterocycles. The van der Waals surface area contributed by atoms with E-state index >= 15 is 0 Å². The molecule has 0 aliphatic heterocycles. The van der Waals surface area contributed by atoms with Gasteiger partial charge in [-0.25, -0.2) is 0 Å². The van der Waals surface area contributed by atoms with Crippen molar-refractivity contribution in [3.63, 3.8) is 0 Å². The molecule has 0 atom stereocenters. The summed E-state index contributed by atoms with van der Waals surface area (Å²) in [6.07, 6.45) is 16.3. The lowest BCUT2D eigenvalue weighted by atomic mass is 9.94. The molecular formula is C26H18O. The van der Waals surface area contributed by atoms with E-state index in [1.54, 1.807) is 0 Å². The summed E-state index contributed by atoms with van der Waals surface area (Å²) in [4.78, 5) is 11.4. The molecule has 2 aromatic rings. The van der Waals surface area contributed by atoms with Gasteiger partial charge in [0.2, 0.25) is 0 Å². The Morgan fingerprint density at radius 1 is 0.741 bits per heavy atom. The summed E-state index contributed by atoms with van der Waals surface area (Å²) < 4.78 is 0. The van der Waals surface area contributed by atoms with Crippen LogP contribution in [0, 0.1) is 0 Å². The molecule has 3 aliphatic carbocycles. The average molecular weight is 346 g/mol. The normalized spacial score (nSPS) is 16.8. The number of hydrogen-bond acceptors (Lipinski definition) is 1.